The van der Waals surface area contributed by atoms with Gasteiger partial charge in [0.15, 0.2) is 0 Å². The Morgan fingerprint density at radius 3 is 2.42 bits per heavy atom. The van der Waals surface area contributed by atoms with Gasteiger partial charge in [0, 0.05) is 23.2 Å². The van der Waals surface area contributed by atoms with Crippen molar-refractivity contribution in [3.63, 3.8) is 0 Å². The van der Waals surface area contributed by atoms with E-state index in [1.165, 1.54) is 36.2 Å². The van der Waals surface area contributed by atoms with Gasteiger partial charge in [0.1, 0.15) is 11.5 Å². The SMILES string of the molecule is C=C(O)c1ccc(N(CC(C)C)c2sc3c(c2C)C(C)(C)CCC3(C)C)cc1OCC1CC1. The van der Waals surface area contributed by atoms with Crippen molar-refractivity contribution in [3.05, 3.63) is 46.3 Å². The van der Waals surface area contributed by atoms with Gasteiger partial charge in [0.05, 0.1) is 17.2 Å². The fraction of sp³-hybridized carbons (Fsp3) is 0.586. The van der Waals surface area contributed by atoms with Crippen molar-refractivity contribution in [1.82, 2.24) is 0 Å². The van der Waals surface area contributed by atoms with E-state index in [4.69, 9.17) is 4.74 Å². The molecule has 2 aliphatic carbocycles. The molecule has 2 aromatic rings. The number of aliphatic hydroxyl groups excluding tert-OH is 1. The number of nitrogens with zero attached hydrogens (tertiary/aromatic N) is 1. The average Bonchev–Trinajstić information content (AvgIpc) is 3.48. The molecular weight excluding hydrogens is 426 g/mol. The Morgan fingerprint density at radius 2 is 1.85 bits per heavy atom. The van der Waals surface area contributed by atoms with Gasteiger partial charge in [-0.05, 0) is 78.5 Å². The van der Waals surface area contributed by atoms with Crippen molar-refractivity contribution in [1.29, 1.82) is 0 Å². The monoisotopic (exact) mass is 467 g/mol. The molecule has 2 aliphatic rings. The quantitative estimate of drug-likeness (QED) is 0.395. The van der Waals surface area contributed by atoms with Crippen molar-refractivity contribution >= 4 is 27.8 Å². The number of anilines is 2. The van der Waals surface area contributed by atoms with Crippen molar-refractivity contribution in [2.45, 2.75) is 85.0 Å². The maximum atomic E-state index is 10.2. The molecule has 0 bridgehead atoms. The topological polar surface area (TPSA) is 32.7 Å². The first-order chi connectivity index (χ1) is 15.4. The second-order valence-corrected chi connectivity index (χ2v) is 12.9. The van der Waals surface area contributed by atoms with Gasteiger partial charge in [0.25, 0.3) is 0 Å². The van der Waals surface area contributed by atoms with Crippen LogP contribution in [0.2, 0.25) is 0 Å². The van der Waals surface area contributed by atoms with E-state index in [0.717, 1.165) is 18.0 Å². The van der Waals surface area contributed by atoms with Crippen LogP contribution in [-0.4, -0.2) is 18.3 Å². The zero-order chi connectivity index (χ0) is 24.1. The standard InChI is InChI=1S/C29H41NO2S/c1-18(2)16-30(22-11-12-23(20(4)31)24(15-22)32-17-21-9-10-21)27-19(3)25-26(33-27)29(7,8)14-13-28(25,5)6/h11-12,15,18,21,31H,4,9-10,13-14,16-17H2,1-3,5-8H3. The molecule has 0 saturated heterocycles. The van der Waals surface area contributed by atoms with Gasteiger partial charge in [-0.25, -0.2) is 0 Å². The molecule has 0 spiro atoms. The normalized spacial score (nSPS) is 18.8. The third kappa shape index (κ3) is 4.82. The summed E-state index contributed by atoms with van der Waals surface area (Å²) in [5.41, 5.74) is 5.19. The largest absolute Gasteiger partial charge is 0.508 e. The van der Waals surface area contributed by atoms with E-state index in [2.05, 4.69) is 72.1 Å². The fourth-order valence-corrected chi connectivity index (χ4v) is 6.76. The highest BCUT2D eigenvalue weighted by molar-refractivity contribution is 7.16. The van der Waals surface area contributed by atoms with Gasteiger partial charge in [-0.2, -0.15) is 0 Å². The number of hydrogen-bond acceptors (Lipinski definition) is 4. The number of ether oxygens (including phenoxy) is 1. The van der Waals surface area contributed by atoms with Crippen LogP contribution >= 0.6 is 11.3 Å². The highest BCUT2D eigenvalue weighted by Gasteiger charge is 2.41. The van der Waals surface area contributed by atoms with Crippen LogP contribution in [0.3, 0.4) is 0 Å². The smallest absolute Gasteiger partial charge is 0.132 e. The number of aliphatic hydroxyl groups is 1. The molecule has 1 aromatic heterocycles. The van der Waals surface area contributed by atoms with Crippen LogP contribution in [-0.2, 0) is 10.8 Å². The van der Waals surface area contributed by atoms with Crippen LogP contribution in [0.4, 0.5) is 10.7 Å². The summed E-state index contributed by atoms with van der Waals surface area (Å²) < 4.78 is 6.19. The van der Waals surface area contributed by atoms with Crippen LogP contribution in [0.5, 0.6) is 5.75 Å². The molecule has 0 unspecified atom stereocenters. The van der Waals surface area contributed by atoms with Crippen LogP contribution in [0, 0.1) is 18.8 Å². The number of fused-ring (bicyclic) bond motifs is 1. The Morgan fingerprint density at radius 1 is 1.18 bits per heavy atom. The highest BCUT2D eigenvalue weighted by atomic mass is 32.1. The fourth-order valence-electron chi connectivity index (χ4n) is 5.11. The summed E-state index contributed by atoms with van der Waals surface area (Å²) in [7, 11) is 0. The van der Waals surface area contributed by atoms with E-state index >= 15 is 0 Å². The van der Waals surface area contributed by atoms with E-state index in [0.29, 0.717) is 24.0 Å². The Hall–Kier alpha value is -1.94. The average molecular weight is 468 g/mol. The molecule has 180 valence electrons. The van der Waals surface area contributed by atoms with Crippen molar-refractivity contribution in [2.75, 3.05) is 18.1 Å². The predicted octanol–water partition coefficient (Wildman–Crippen LogP) is 8.52. The molecule has 3 nitrogen and oxygen atoms in total. The predicted molar refractivity (Wildman–Crippen MR) is 143 cm³/mol. The lowest BCUT2D eigenvalue weighted by Gasteiger charge is -2.39. The molecule has 0 atom stereocenters. The number of rotatable bonds is 8. The van der Waals surface area contributed by atoms with Gasteiger partial charge in [-0.1, -0.05) is 48.1 Å². The summed E-state index contributed by atoms with van der Waals surface area (Å²) in [5.74, 6) is 1.96. The van der Waals surface area contributed by atoms with Crippen LogP contribution in [0.25, 0.3) is 5.76 Å². The molecule has 0 aliphatic heterocycles. The Labute approximate surface area is 204 Å². The van der Waals surface area contributed by atoms with Gasteiger partial charge < -0.3 is 14.7 Å². The first-order valence-electron chi connectivity index (χ1n) is 12.5. The van der Waals surface area contributed by atoms with Gasteiger partial charge in [0.2, 0.25) is 0 Å². The van der Waals surface area contributed by atoms with Crippen molar-refractivity contribution < 1.29 is 9.84 Å². The Kier molecular flexibility index (Phi) is 6.37. The molecular formula is C29H41NO2S. The molecule has 1 fully saturated rings. The molecule has 0 radical (unpaired) electrons. The first-order valence-corrected chi connectivity index (χ1v) is 13.3. The summed E-state index contributed by atoms with van der Waals surface area (Å²) in [6.45, 7) is 21.9. The number of thiophene rings is 1. The first kappa shape index (κ1) is 24.2. The third-order valence-corrected chi connectivity index (χ3v) is 9.02. The second kappa shape index (κ2) is 8.69. The minimum atomic E-state index is 0.0639. The van der Waals surface area contributed by atoms with Gasteiger partial charge in [-0.3, -0.25) is 0 Å². The van der Waals surface area contributed by atoms with Gasteiger partial charge in [-0.15, -0.1) is 11.3 Å². The van der Waals surface area contributed by atoms with E-state index in [1.54, 1.807) is 10.4 Å². The maximum Gasteiger partial charge on any atom is 0.132 e. The van der Waals surface area contributed by atoms with Crippen LogP contribution in [0.15, 0.2) is 24.8 Å². The summed E-state index contributed by atoms with van der Waals surface area (Å²) in [6, 6.07) is 6.18. The highest BCUT2D eigenvalue weighted by Crippen LogP contribution is 2.54. The molecule has 4 heteroatoms. The zero-order valence-corrected chi connectivity index (χ0v) is 22.4. The molecule has 1 saturated carbocycles. The van der Waals surface area contributed by atoms with E-state index in [1.807, 2.05) is 17.4 Å². The molecule has 1 heterocycles. The second-order valence-electron chi connectivity index (χ2n) is 11.9. The van der Waals surface area contributed by atoms with Crippen molar-refractivity contribution in [3.8, 4) is 5.75 Å². The molecule has 0 amide bonds. The number of hydrogen-bond donors (Lipinski definition) is 1. The van der Waals surface area contributed by atoms with Gasteiger partial charge >= 0.3 is 0 Å². The maximum absolute atomic E-state index is 10.2. The summed E-state index contributed by atoms with van der Waals surface area (Å²) in [6.07, 6.45) is 4.92. The van der Waals surface area contributed by atoms with Crippen LogP contribution in [0.1, 0.15) is 88.8 Å². The molecule has 1 aromatic carbocycles. The lowest BCUT2D eigenvalue weighted by atomic mass is 9.66. The lowest BCUT2D eigenvalue weighted by Crippen LogP contribution is -2.32. The summed E-state index contributed by atoms with van der Waals surface area (Å²) >= 11 is 1.98. The summed E-state index contributed by atoms with van der Waals surface area (Å²) in [4.78, 5) is 4.02. The summed E-state index contributed by atoms with van der Waals surface area (Å²) in [5, 5.41) is 11.5. The van der Waals surface area contributed by atoms with E-state index < -0.39 is 0 Å². The number of benzene rings is 1. The van der Waals surface area contributed by atoms with E-state index in [-0.39, 0.29) is 16.6 Å². The van der Waals surface area contributed by atoms with Crippen LogP contribution < -0.4 is 9.64 Å². The van der Waals surface area contributed by atoms with Crippen molar-refractivity contribution in [2.24, 2.45) is 11.8 Å². The Bertz CT molecular complexity index is 1040. The molecule has 33 heavy (non-hydrogen) atoms. The third-order valence-electron chi connectivity index (χ3n) is 7.34. The molecule has 1 N–H and O–H groups in total. The zero-order valence-electron chi connectivity index (χ0n) is 21.5. The molecule has 4 rings (SSSR count). The minimum absolute atomic E-state index is 0.0639. The Balaban J connectivity index is 1.81. The lowest BCUT2D eigenvalue weighted by molar-refractivity contribution is 0.297. The van der Waals surface area contributed by atoms with E-state index in [9.17, 15) is 5.11 Å². The minimum Gasteiger partial charge on any atom is -0.508 e.